The molecule has 1 aromatic heterocycles. The van der Waals surface area contributed by atoms with Gasteiger partial charge in [-0.25, -0.2) is 4.99 Å². The van der Waals surface area contributed by atoms with Gasteiger partial charge >= 0.3 is 0 Å². The van der Waals surface area contributed by atoms with Crippen LogP contribution in [0.4, 0.5) is 0 Å². The molecule has 0 spiro atoms. The van der Waals surface area contributed by atoms with Gasteiger partial charge in [-0.3, -0.25) is 9.36 Å². The van der Waals surface area contributed by atoms with Crippen LogP contribution in [0.3, 0.4) is 0 Å². The van der Waals surface area contributed by atoms with Crippen LogP contribution in [0, 0.1) is 0 Å². The summed E-state index contributed by atoms with van der Waals surface area (Å²) >= 11 is 1.40. The van der Waals surface area contributed by atoms with Gasteiger partial charge in [0.1, 0.15) is 5.75 Å². The average Bonchev–Trinajstić information content (AvgIpc) is 3.26. The fourth-order valence-corrected chi connectivity index (χ4v) is 6.52. The topological polar surface area (TPSA) is 62.0 Å². The molecule has 0 bridgehead atoms. The summed E-state index contributed by atoms with van der Waals surface area (Å²) in [5, 5.41) is 0. The molecule has 0 saturated heterocycles. The van der Waals surface area contributed by atoms with Gasteiger partial charge in [-0.2, -0.15) is 0 Å². The Bertz CT molecular complexity index is 1780. The molecule has 6 nitrogen and oxygen atoms in total. The van der Waals surface area contributed by atoms with Gasteiger partial charge in [0.05, 0.1) is 36.6 Å². The molecule has 0 fully saturated rings. The number of ether oxygens (including phenoxy) is 3. The van der Waals surface area contributed by atoms with E-state index in [2.05, 4.69) is 18.2 Å². The normalized spacial score (nSPS) is 16.3. The Morgan fingerprint density at radius 2 is 1.72 bits per heavy atom. The number of aromatic nitrogens is 1. The van der Waals surface area contributed by atoms with Crippen molar-refractivity contribution in [3.8, 4) is 17.2 Å². The summed E-state index contributed by atoms with van der Waals surface area (Å²) in [6.07, 6.45) is 3.62. The molecular weight excluding hydrogens is 508 g/mol. The highest BCUT2D eigenvalue weighted by Crippen LogP contribution is 2.45. The number of nitrogens with zero attached hydrogens (tertiary/aromatic N) is 2. The van der Waals surface area contributed by atoms with Crippen molar-refractivity contribution in [1.29, 1.82) is 0 Å². The van der Waals surface area contributed by atoms with E-state index < -0.39 is 0 Å². The lowest BCUT2D eigenvalue weighted by Gasteiger charge is -2.31. The van der Waals surface area contributed by atoms with Gasteiger partial charge in [-0.05, 0) is 56.0 Å². The minimum Gasteiger partial charge on any atom is -0.493 e. The number of benzene rings is 3. The van der Waals surface area contributed by atoms with Crippen molar-refractivity contribution >= 4 is 23.1 Å². The minimum atomic E-state index is -0.362. The highest BCUT2D eigenvalue weighted by atomic mass is 32.1. The summed E-state index contributed by atoms with van der Waals surface area (Å²) in [6.45, 7) is 3.99. The van der Waals surface area contributed by atoms with E-state index in [1.807, 2.05) is 73.0 Å². The first-order valence-corrected chi connectivity index (χ1v) is 13.9. The molecule has 39 heavy (non-hydrogen) atoms. The summed E-state index contributed by atoms with van der Waals surface area (Å²) in [6, 6.07) is 21.7. The van der Waals surface area contributed by atoms with Gasteiger partial charge in [0.2, 0.25) is 0 Å². The van der Waals surface area contributed by atoms with Gasteiger partial charge in [-0.1, -0.05) is 65.9 Å². The maximum Gasteiger partial charge on any atom is 0.271 e. The molecule has 0 radical (unpaired) electrons. The summed E-state index contributed by atoms with van der Waals surface area (Å²) < 4.78 is 20.0. The third-order valence-electron chi connectivity index (χ3n) is 7.17. The standard InChI is InChI=1S/C32H30N2O4S/c1-19(2)38-25-14-8-6-11-21(25)18-27-31(35)34-29(24-13-9-15-26(36-3)30(24)37-4)23-17-16-20-10-5-7-12-22(20)28(23)33-32(34)39-27/h5-15,18-19,29H,16-17H2,1-4H3. The molecule has 1 atom stereocenters. The van der Waals surface area contributed by atoms with Crippen LogP contribution in [-0.2, 0) is 6.42 Å². The largest absolute Gasteiger partial charge is 0.493 e. The monoisotopic (exact) mass is 538 g/mol. The fourth-order valence-electron chi connectivity index (χ4n) is 5.53. The molecule has 6 rings (SSSR count). The molecule has 7 heteroatoms. The van der Waals surface area contributed by atoms with E-state index in [1.165, 1.54) is 16.9 Å². The molecule has 3 aromatic carbocycles. The van der Waals surface area contributed by atoms with Crippen molar-refractivity contribution in [3.05, 3.63) is 114 Å². The molecule has 2 heterocycles. The van der Waals surface area contributed by atoms with Crippen molar-refractivity contribution in [2.45, 2.75) is 38.8 Å². The second kappa shape index (κ2) is 10.2. The van der Waals surface area contributed by atoms with Gasteiger partial charge in [0.25, 0.3) is 5.56 Å². The van der Waals surface area contributed by atoms with Crippen LogP contribution < -0.4 is 29.1 Å². The van der Waals surface area contributed by atoms with Crippen molar-refractivity contribution in [2.75, 3.05) is 14.2 Å². The summed E-state index contributed by atoms with van der Waals surface area (Å²) in [4.78, 5) is 19.9. The Hall–Kier alpha value is -4.10. The van der Waals surface area contributed by atoms with E-state index in [1.54, 1.807) is 14.2 Å². The van der Waals surface area contributed by atoms with E-state index >= 15 is 0 Å². The van der Waals surface area contributed by atoms with Gasteiger partial charge < -0.3 is 14.2 Å². The highest BCUT2D eigenvalue weighted by molar-refractivity contribution is 7.07. The molecular formula is C32H30N2O4S. The first-order valence-electron chi connectivity index (χ1n) is 13.1. The maximum atomic E-state index is 14.2. The van der Waals surface area contributed by atoms with Crippen LogP contribution in [0.1, 0.15) is 48.6 Å². The molecule has 198 valence electrons. The van der Waals surface area contributed by atoms with Crippen LogP contribution in [0.15, 0.2) is 82.1 Å². The van der Waals surface area contributed by atoms with Crippen LogP contribution in [-0.4, -0.2) is 24.9 Å². The first kappa shape index (κ1) is 25.2. The van der Waals surface area contributed by atoms with Crippen molar-refractivity contribution in [1.82, 2.24) is 4.57 Å². The second-order valence-electron chi connectivity index (χ2n) is 9.90. The molecule has 1 unspecified atom stereocenters. The molecule has 0 N–H and O–H groups in total. The van der Waals surface area contributed by atoms with Gasteiger partial charge in [0, 0.05) is 16.7 Å². The number of hydrogen-bond donors (Lipinski definition) is 0. The van der Waals surface area contributed by atoms with Crippen molar-refractivity contribution < 1.29 is 14.2 Å². The number of methoxy groups -OCH3 is 2. The number of aryl methyl sites for hydroxylation is 1. The number of thiazole rings is 1. The lowest BCUT2D eigenvalue weighted by atomic mass is 9.83. The summed E-state index contributed by atoms with van der Waals surface area (Å²) in [7, 11) is 3.27. The molecule has 1 aliphatic carbocycles. The zero-order valence-corrected chi connectivity index (χ0v) is 23.2. The first-order chi connectivity index (χ1) is 19.0. The zero-order valence-electron chi connectivity index (χ0n) is 22.4. The van der Waals surface area contributed by atoms with Crippen LogP contribution in [0.25, 0.3) is 11.8 Å². The number of rotatable bonds is 6. The van der Waals surface area contributed by atoms with Gasteiger partial charge in [0.15, 0.2) is 16.3 Å². The number of fused-ring (bicyclic) bond motifs is 3. The fraction of sp³-hybridized carbons (Fsp3) is 0.250. The van der Waals surface area contributed by atoms with Crippen molar-refractivity contribution in [2.24, 2.45) is 4.99 Å². The minimum absolute atomic E-state index is 0.0214. The molecule has 1 aliphatic heterocycles. The SMILES string of the molecule is COc1cccc(C2C3=C(N=c4sc(=Cc5ccccc5OC(C)C)c(=O)n42)c2ccccc2CC3)c1OC. The quantitative estimate of drug-likeness (QED) is 0.342. The average molecular weight is 539 g/mol. The number of hydrogen-bond acceptors (Lipinski definition) is 6. The smallest absolute Gasteiger partial charge is 0.271 e. The van der Waals surface area contributed by atoms with Crippen LogP contribution >= 0.6 is 11.3 Å². The van der Waals surface area contributed by atoms with Crippen molar-refractivity contribution in [3.63, 3.8) is 0 Å². The maximum absolute atomic E-state index is 14.2. The van der Waals surface area contributed by atoms with Crippen LogP contribution in [0.2, 0.25) is 0 Å². The van der Waals surface area contributed by atoms with Gasteiger partial charge in [-0.15, -0.1) is 0 Å². The van der Waals surface area contributed by atoms with E-state index in [0.29, 0.717) is 20.8 Å². The van der Waals surface area contributed by atoms with E-state index in [4.69, 9.17) is 19.2 Å². The van der Waals surface area contributed by atoms with E-state index in [-0.39, 0.29) is 17.7 Å². The highest BCUT2D eigenvalue weighted by Gasteiger charge is 2.34. The predicted molar refractivity (Wildman–Crippen MR) is 155 cm³/mol. The second-order valence-corrected chi connectivity index (χ2v) is 10.9. The molecule has 4 aromatic rings. The molecule has 2 aliphatic rings. The Morgan fingerprint density at radius 1 is 0.949 bits per heavy atom. The third-order valence-corrected chi connectivity index (χ3v) is 8.15. The lowest BCUT2D eigenvalue weighted by molar-refractivity contribution is 0.242. The molecule has 0 saturated carbocycles. The Labute approximate surface area is 231 Å². The summed E-state index contributed by atoms with van der Waals surface area (Å²) in [5.74, 6) is 2.01. The molecule has 0 amide bonds. The predicted octanol–water partition coefficient (Wildman–Crippen LogP) is 5.12. The Balaban J connectivity index is 1.63. The van der Waals surface area contributed by atoms with Crippen LogP contribution in [0.5, 0.6) is 17.2 Å². The third kappa shape index (κ3) is 4.36. The lowest BCUT2D eigenvalue weighted by Crippen LogP contribution is -2.39. The zero-order chi connectivity index (χ0) is 27.1. The Morgan fingerprint density at radius 3 is 2.51 bits per heavy atom. The van der Waals surface area contributed by atoms with E-state index in [0.717, 1.165) is 46.6 Å². The van der Waals surface area contributed by atoms with E-state index in [9.17, 15) is 4.79 Å². The number of allylic oxidation sites excluding steroid dienone is 1. The number of para-hydroxylation sites is 2. The Kier molecular flexibility index (Phi) is 6.61. The summed E-state index contributed by atoms with van der Waals surface area (Å²) in [5.41, 5.74) is 6.12.